The summed E-state index contributed by atoms with van der Waals surface area (Å²) in [5.74, 6) is 0. The SMILES string of the molecule is CC(C)(C)CCOC(=O)OCCC(C)(C)C. The average Bonchev–Trinajstić information content (AvgIpc) is 1.98. The first-order valence-electron chi connectivity index (χ1n) is 5.90. The lowest BCUT2D eigenvalue weighted by Gasteiger charge is -2.19. The van der Waals surface area contributed by atoms with Crippen molar-refractivity contribution in [1.29, 1.82) is 0 Å². The molecule has 0 amide bonds. The molecule has 0 unspecified atom stereocenters. The lowest BCUT2D eigenvalue weighted by molar-refractivity contribution is 0.0423. The maximum atomic E-state index is 11.2. The van der Waals surface area contributed by atoms with E-state index in [1.807, 2.05) is 0 Å². The van der Waals surface area contributed by atoms with Gasteiger partial charge in [0.15, 0.2) is 0 Å². The molecule has 0 aliphatic rings. The smallest absolute Gasteiger partial charge is 0.434 e. The number of rotatable bonds is 4. The molecule has 0 radical (unpaired) electrons. The molecule has 0 aromatic carbocycles. The fraction of sp³-hybridized carbons (Fsp3) is 0.923. The summed E-state index contributed by atoms with van der Waals surface area (Å²) in [5, 5.41) is 0. The summed E-state index contributed by atoms with van der Waals surface area (Å²) in [5.41, 5.74) is 0.372. The summed E-state index contributed by atoms with van der Waals surface area (Å²) >= 11 is 0. The second kappa shape index (κ2) is 6.12. The van der Waals surface area contributed by atoms with Crippen LogP contribution in [0.4, 0.5) is 4.79 Å². The highest BCUT2D eigenvalue weighted by molar-refractivity contribution is 5.59. The van der Waals surface area contributed by atoms with Crippen LogP contribution in [0.3, 0.4) is 0 Å². The fourth-order valence-corrected chi connectivity index (χ4v) is 0.923. The van der Waals surface area contributed by atoms with E-state index in [-0.39, 0.29) is 10.8 Å². The Bertz CT molecular complexity index is 186. The fourth-order valence-electron chi connectivity index (χ4n) is 0.923. The Morgan fingerprint density at radius 3 is 1.38 bits per heavy atom. The largest absolute Gasteiger partial charge is 0.508 e. The predicted molar refractivity (Wildman–Crippen MR) is 65.4 cm³/mol. The van der Waals surface area contributed by atoms with E-state index in [1.165, 1.54) is 0 Å². The molecule has 0 bridgehead atoms. The van der Waals surface area contributed by atoms with Gasteiger partial charge in [0, 0.05) is 0 Å². The molecule has 0 spiro atoms. The molecule has 0 aromatic rings. The molecular weight excluding hydrogens is 204 g/mol. The van der Waals surface area contributed by atoms with Crippen LogP contribution in [0.15, 0.2) is 0 Å². The van der Waals surface area contributed by atoms with Crippen molar-refractivity contribution < 1.29 is 14.3 Å². The van der Waals surface area contributed by atoms with E-state index in [9.17, 15) is 4.79 Å². The lowest BCUT2D eigenvalue weighted by Crippen LogP contribution is -2.16. The van der Waals surface area contributed by atoms with Gasteiger partial charge in [0.1, 0.15) is 0 Å². The first-order chi connectivity index (χ1) is 7.10. The van der Waals surface area contributed by atoms with Crippen LogP contribution in [0, 0.1) is 10.8 Å². The van der Waals surface area contributed by atoms with Gasteiger partial charge in [-0.15, -0.1) is 0 Å². The van der Waals surface area contributed by atoms with Gasteiger partial charge in [-0.1, -0.05) is 41.5 Å². The summed E-state index contributed by atoms with van der Waals surface area (Å²) < 4.78 is 9.94. The van der Waals surface area contributed by atoms with Crippen molar-refractivity contribution in [2.45, 2.75) is 54.4 Å². The molecule has 16 heavy (non-hydrogen) atoms. The average molecular weight is 230 g/mol. The molecule has 3 nitrogen and oxygen atoms in total. The van der Waals surface area contributed by atoms with E-state index in [0.29, 0.717) is 13.2 Å². The quantitative estimate of drug-likeness (QED) is 0.684. The number of hydrogen-bond donors (Lipinski definition) is 0. The Morgan fingerprint density at radius 2 is 1.12 bits per heavy atom. The van der Waals surface area contributed by atoms with E-state index >= 15 is 0 Å². The van der Waals surface area contributed by atoms with Gasteiger partial charge in [-0.3, -0.25) is 0 Å². The van der Waals surface area contributed by atoms with Gasteiger partial charge in [-0.2, -0.15) is 0 Å². The second-order valence-electron chi connectivity index (χ2n) is 6.57. The topological polar surface area (TPSA) is 35.5 Å². The van der Waals surface area contributed by atoms with Gasteiger partial charge in [-0.05, 0) is 23.7 Å². The van der Waals surface area contributed by atoms with Crippen molar-refractivity contribution >= 4 is 6.16 Å². The van der Waals surface area contributed by atoms with Crippen molar-refractivity contribution in [1.82, 2.24) is 0 Å². The van der Waals surface area contributed by atoms with Gasteiger partial charge in [0.2, 0.25) is 0 Å². The normalized spacial score (nSPS) is 12.4. The Morgan fingerprint density at radius 1 is 0.812 bits per heavy atom. The van der Waals surface area contributed by atoms with E-state index in [2.05, 4.69) is 41.5 Å². The zero-order chi connectivity index (χ0) is 12.8. The number of carbonyl (C=O) groups excluding carboxylic acids is 1. The highest BCUT2D eigenvalue weighted by Crippen LogP contribution is 2.19. The highest BCUT2D eigenvalue weighted by Gasteiger charge is 2.14. The molecule has 96 valence electrons. The molecule has 0 saturated heterocycles. The molecular formula is C13H26O3. The van der Waals surface area contributed by atoms with E-state index < -0.39 is 6.16 Å². The van der Waals surface area contributed by atoms with Crippen molar-refractivity contribution in [2.24, 2.45) is 10.8 Å². The Labute approximate surface area is 99.5 Å². The van der Waals surface area contributed by atoms with Gasteiger partial charge in [-0.25, -0.2) is 4.79 Å². The monoisotopic (exact) mass is 230 g/mol. The number of carbonyl (C=O) groups is 1. The minimum atomic E-state index is -0.548. The van der Waals surface area contributed by atoms with Gasteiger partial charge >= 0.3 is 6.16 Å². The first-order valence-corrected chi connectivity index (χ1v) is 5.90. The van der Waals surface area contributed by atoms with Crippen LogP contribution in [0.1, 0.15) is 54.4 Å². The zero-order valence-corrected chi connectivity index (χ0v) is 11.6. The van der Waals surface area contributed by atoms with Crippen LogP contribution in [-0.2, 0) is 9.47 Å². The third-order valence-corrected chi connectivity index (χ3v) is 2.14. The summed E-state index contributed by atoms with van der Waals surface area (Å²) in [6.07, 6.45) is 1.15. The van der Waals surface area contributed by atoms with Crippen LogP contribution >= 0.6 is 0 Å². The first kappa shape index (κ1) is 15.3. The molecule has 0 N–H and O–H groups in total. The molecule has 0 fully saturated rings. The third kappa shape index (κ3) is 11.3. The van der Waals surface area contributed by atoms with Crippen LogP contribution in [0.2, 0.25) is 0 Å². The summed E-state index contributed by atoms with van der Waals surface area (Å²) in [4.78, 5) is 11.2. The Balaban J connectivity index is 3.53. The molecule has 0 atom stereocenters. The van der Waals surface area contributed by atoms with Crippen molar-refractivity contribution in [3.05, 3.63) is 0 Å². The molecule has 0 heterocycles. The maximum Gasteiger partial charge on any atom is 0.508 e. The zero-order valence-electron chi connectivity index (χ0n) is 11.6. The molecule has 0 aliphatic carbocycles. The van der Waals surface area contributed by atoms with Crippen LogP contribution in [0.25, 0.3) is 0 Å². The summed E-state index contributed by atoms with van der Waals surface area (Å²) in [6.45, 7) is 13.5. The van der Waals surface area contributed by atoms with Crippen LogP contribution < -0.4 is 0 Å². The van der Waals surface area contributed by atoms with Gasteiger partial charge in [0.25, 0.3) is 0 Å². The van der Waals surface area contributed by atoms with E-state index in [4.69, 9.17) is 9.47 Å². The van der Waals surface area contributed by atoms with Crippen LogP contribution in [-0.4, -0.2) is 19.4 Å². The molecule has 0 aromatic heterocycles. The molecule has 3 heteroatoms. The third-order valence-electron chi connectivity index (χ3n) is 2.14. The van der Waals surface area contributed by atoms with Crippen molar-refractivity contribution in [2.75, 3.05) is 13.2 Å². The number of ether oxygens (including phenoxy) is 2. The summed E-state index contributed by atoms with van der Waals surface area (Å²) in [7, 11) is 0. The van der Waals surface area contributed by atoms with E-state index in [1.54, 1.807) is 0 Å². The second-order valence-corrected chi connectivity index (χ2v) is 6.57. The van der Waals surface area contributed by atoms with Crippen LogP contribution in [0.5, 0.6) is 0 Å². The minimum Gasteiger partial charge on any atom is -0.434 e. The molecule has 0 rings (SSSR count). The van der Waals surface area contributed by atoms with Gasteiger partial charge < -0.3 is 9.47 Å². The highest BCUT2D eigenvalue weighted by atomic mass is 16.7. The van der Waals surface area contributed by atoms with Crippen molar-refractivity contribution in [3.63, 3.8) is 0 Å². The minimum absolute atomic E-state index is 0.186. The Kier molecular flexibility index (Phi) is 5.84. The molecule has 0 aliphatic heterocycles. The number of hydrogen-bond acceptors (Lipinski definition) is 3. The van der Waals surface area contributed by atoms with Gasteiger partial charge in [0.05, 0.1) is 13.2 Å². The molecule has 0 saturated carbocycles. The summed E-state index contributed by atoms with van der Waals surface area (Å²) in [6, 6.07) is 0. The predicted octanol–water partition coefficient (Wildman–Crippen LogP) is 4.01. The van der Waals surface area contributed by atoms with Crippen molar-refractivity contribution in [3.8, 4) is 0 Å². The lowest BCUT2D eigenvalue weighted by atomic mass is 9.93. The maximum absolute atomic E-state index is 11.2. The standard InChI is InChI=1S/C13H26O3/c1-12(2,3)7-9-15-11(14)16-10-8-13(4,5)6/h7-10H2,1-6H3. The Hall–Kier alpha value is -0.730. The van der Waals surface area contributed by atoms with E-state index in [0.717, 1.165) is 12.8 Å².